The molecule has 1 atom stereocenters. The highest BCUT2D eigenvalue weighted by atomic mass is 35.5. The lowest BCUT2D eigenvalue weighted by Crippen LogP contribution is -2.10. The Bertz CT molecular complexity index is 380. The first-order valence-corrected chi connectivity index (χ1v) is 5.74. The molecule has 1 unspecified atom stereocenters. The summed E-state index contributed by atoms with van der Waals surface area (Å²) in [5, 5.41) is -0.491. The minimum Gasteiger partial charge on any atom is -0.207 e. The summed E-state index contributed by atoms with van der Waals surface area (Å²) in [6.45, 7) is 7.59. The number of aryl methyl sites for hydroxylation is 1. The predicted molar refractivity (Wildman–Crippen MR) is 63.8 cm³/mol. The van der Waals surface area contributed by atoms with Crippen LogP contribution in [0.25, 0.3) is 0 Å². The first-order chi connectivity index (χ1) is 7.20. The predicted octanol–water partition coefficient (Wildman–Crippen LogP) is 4.99. The highest BCUT2D eigenvalue weighted by Gasteiger charge is 2.21. The van der Waals surface area contributed by atoms with Crippen molar-refractivity contribution in [3.05, 3.63) is 34.9 Å². The van der Waals surface area contributed by atoms with Gasteiger partial charge in [0, 0.05) is 5.56 Å². The summed E-state index contributed by atoms with van der Waals surface area (Å²) in [4.78, 5) is 0. The lowest BCUT2D eigenvalue weighted by molar-refractivity contribution is 0.369. The van der Waals surface area contributed by atoms with E-state index in [4.69, 9.17) is 11.6 Å². The van der Waals surface area contributed by atoms with Gasteiger partial charge in [0.1, 0.15) is 11.6 Å². The van der Waals surface area contributed by atoms with E-state index in [0.29, 0.717) is 12.0 Å². The van der Waals surface area contributed by atoms with Crippen molar-refractivity contribution in [1.82, 2.24) is 0 Å². The van der Waals surface area contributed by atoms with Crippen molar-refractivity contribution in [3.8, 4) is 0 Å². The molecule has 0 heterocycles. The van der Waals surface area contributed by atoms with E-state index >= 15 is 0 Å². The SMILES string of the molecule is Cc1cc(F)c(C(Cl)CC(C)(C)C)cc1F. The average Bonchev–Trinajstić information content (AvgIpc) is 2.08. The second-order valence-corrected chi connectivity index (χ2v) is 5.88. The van der Waals surface area contributed by atoms with Crippen LogP contribution in [0.5, 0.6) is 0 Å². The minimum absolute atomic E-state index is 0.0137. The summed E-state index contributed by atoms with van der Waals surface area (Å²) in [6.07, 6.45) is 0.605. The van der Waals surface area contributed by atoms with Gasteiger partial charge in [-0.2, -0.15) is 0 Å². The molecule has 16 heavy (non-hydrogen) atoms. The van der Waals surface area contributed by atoms with Crippen molar-refractivity contribution >= 4 is 11.6 Å². The van der Waals surface area contributed by atoms with E-state index < -0.39 is 17.0 Å². The molecule has 0 radical (unpaired) electrons. The first kappa shape index (κ1) is 13.4. The number of rotatable bonds is 2. The molecule has 0 amide bonds. The fourth-order valence-electron chi connectivity index (χ4n) is 1.55. The molecule has 0 N–H and O–H groups in total. The molecule has 3 heteroatoms. The van der Waals surface area contributed by atoms with Gasteiger partial charge in [0.25, 0.3) is 0 Å². The zero-order valence-electron chi connectivity index (χ0n) is 10.1. The van der Waals surface area contributed by atoms with Crippen molar-refractivity contribution in [3.63, 3.8) is 0 Å². The van der Waals surface area contributed by atoms with Crippen LogP contribution in [-0.4, -0.2) is 0 Å². The highest BCUT2D eigenvalue weighted by molar-refractivity contribution is 6.20. The summed E-state index contributed by atoms with van der Waals surface area (Å²) in [7, 11) is 0. The van der Waals surface area contributed by atoms with Crippen LogP contribution in [0, 0.1) is 24.0 Å². The maximum absolute atomic E-state index is 13.6. The van der Waals surface area contributed by atoms with Gasteiger partial charge < -0.3 is 0 Å². The molecule has 0 fully saturated rings. The van der Waals surface area contributed by atoms with Crippen LogP contribution in [0.15, 0.2) is 12.1 Å². The molecule has 90 valence electrons. The number of hydrogen-bond acceptors (Lipinski definition) is 0. The van der Waals surface area contributed by atoms with Crippen LogP contribution in [0.3, 0.4) is 0 Å². The first-order valence-electron chi connectivity index (χ1n) is 5.30. The Balaban J connectivity index is 3.00. The smallest absolute Gasteiger partial charge is 0.128 e. The largest absolute Gasteiger partial charge is 0.207 e. The van der Waals surface area contributed by atoms with E-state index in [1.807, 2.05) is 20.8 Å². The molecule has 0 aromatic heterocycles. The van der Waals surface area contributed by atoms with Crippen molar-refractivity contribution in [1.29, 1.82) is 0 Å². The zero-order chi connectivity index (χ0) is 12.5. The van der Waals surface area contributed by atoms with E-state index in [0.717, 1.165) is 0 Å². The Hall–Kier alpha value is -0.630. The maximum atomic E-state index is 13.6. The van der Waals surface area contributed by atoms with Gasteiger partial charge in [-0.25, -0.2) is 8.78 Å². The van der Waals surface area contributed by atoms with Crippen LogP contribution in [0.4, 0.5) is 8.78 Å². The lowest BCUT2D eigenvalue weighted by atomic mass is 9.88. The Morgan fingerprint density at radius 1 is 1.19 bits per heavy atom. The molecule has 0 saturated carbocycles. The fourth-order valence-corrected chi connectivity index (χ4v) is 2.18. The second kappa shape index (κ2) is 4.70. The van der Waals surface area contributed by atoms with Gasteiger partial charge in [-0.15, -0.1) is 11.6 Å². The molecular weight excluding hydrogens is 230 g/mol. The van der Waals surface area contributed by atoms with Crippen molar-refractivity contribution in [2.45, 2.75) is 39.5 Å². The van der Waals surface area contributed by atoms with Crippen molar-refractivity contribution < 1.29 is 8.78 Å². The van der Waals surface area contributed by atoms with E-state index in [1.165, 1.54) is 19.1 Å². The van der Waals surface area contributed by atoms with Gasteiger partial charge >= 0.3 is 0 Å². The summed E-state index contributed by atoms with van der Waals surface area (Å²) < 4.78 is 26.9. The number of benzene rings is 1. The summed E-state index contributed by atoms with van der Waals surface area (Å²) in [5.41, 5.74) is 0.542. The van der Waals surface area contributed by atoms with Crippen LogP contribution in [-0.2, 0) is 0 Å². The van der Waals surface area contributed by atoms with Crippen LogP contribution in [0.1, 0.15) is 43.7 Å². The zero-order valence-corrected chi connectivity index (χ0v) is 10.8. The Labute approximate surface area is 101 Å². The number of halogens is 3. The summed E-state index contributed by atoms with van der Waals surface area (Å²) in [6, 6.07) is 2.40. The molecule has 1 rings (SSSR count). The molecule has 1 aromatic rings. The molecule has 0 nitrogen and oxygen atoms in total. The quantitative estimate of drug-likeness (QED) is 0.645. The molecule has 0 bridgehead atoms. The standard InChI is InChI=1S/C13H17ClF2/c1-8-5-12(16)9(6-11(8)15)10(14)7-13(2,3)4/h5-6,10H,7H2,1-4H3. The Kier molecular flexibility index (Phi) is 3.95. The van der Waals surface area contributed by atoms with Gasteiger partial charge in [-0.05, 0) is 36.5 Å². The molecule has 0 spiro atoms. The van der Waals surface area contributed by atoms with Gasteiger partial charge in [-0.1, -0.05) is 20.8 Å². The van der Waals surface area contributed by atoms with Crippen molar-refractivity contribution in [2.24, 2.45) is 5.41 Å². The highest BCUT2D eigenvalue weighted by Crippen LogP contribution is 2.35. The van der Waals surface area contributed by atoms with Crippen molar-refractivity contribution in [2.75, 3.05) is 0 Å². The third kappa shape index (κ3) is 3.44. The van der Waals surface area contributed by atoms with Crippen LogP contribution < -0.4 is 0 Å². The van der Waals surface area contributed by atoms with Gasteiger partial charge in [-0.3, -0.25) is 0 Å². The number of alkyl halides is 1. The summed E-state index contributed by atoms with van der Waals surface area (Å²) >= 11 is 6.11. The Morgan fingerprint density at radius 2 is 1.75 bits per heavy atom. The van der Waals surface area contributed by atoms with Gasteiger partial charge in [0.2, 0.25) is 0 Å². The molecule has 1 aromatic carbocycles. The molecule has 0 saturated heterocycles. The van der Waals surface area contributed by atoms with Crippen LogP contribution in [0.2, 0.25) is 0 Å². The molecule has 0 aliphatic carbocycles. The topological polar surface area (TPSA) is 0 Å². The normalized spacial score (nSPS) is 13.9. The third-order valence-corrected chi connectivity index (χ3v) is 2.80. The van der Waals surface area contributed by atoms with Gasteiger partial charge in [0.05, 0.1) is 5.38 Å². The molecular formula is C13H17ClF2. The Morgan fingerprint density at radius 3 is 2.25 bits per heavy atom. The van der Waals surface area contributed by atoms with E-state index in [2.05, 4.69) is 0 Å². The van der Waals surface area contributed by atoms with E-state index in [-0.39, 0.29) is 11.0 Å². The minimum atomic E-state index is -0.491. The van der Waals surface area contributed by atoms with Crippen LogP contribution >= 0.6 is 11.6 Å². The molecule has 0 aliphatic rings. The second-order valence-electron chi connectivity index (χ2n) is 5.36. The number of hydrogen-bond donors (Lipinski definition) is 0. The summed E-state index contributed by atoms with van der Waals surface area (Å²) in [5.74, 6) is -0.834. The molecule has 0 aliphatic heterocycles. The maximum Gasteiger partial charge on any atom is 0.128 e. The monoisotopic (exact) mass is 246 g/mol. The van der Waals surface area contributed by atoms with Gasteiger partial charge in [0.15, 0.2) is 0 Å². The average molecular weight is 247 g/mol. The lowest BCUT2D eigenvalue weighted by Gasteiger charge is -2.22. The fraction of sp³-hybridized carbons (Fsp3) is 0.538. The third-order valence-electron chi connectivity index (χ3n) is 2.41. The van der Waals surface area contributed by atoms with E-state index in [9.17, 15) is 8.78 Å². The van der Waals surface area contributed by atoms with E-state index in [1.54, 1.807) is 0 Å².